The molecule has 0 unspecified atom stereocenters. The van der Waals surface area contributed by atoms with E-state index in [1.54, 1.807) is 0 Å². The molecule has 0 aromatic heterocycles. The van der Waals surface area contributed by atoms with Gasteiger partial charge < -0.3 is 14.9 Å². The summed E-state index contributed by atoms with van der Waals surface area (Å²) in [5.41, 5.74) is 0.762. The summed E-state index contributed by atoms with van der Waals surface area (Å²) in [6.07, 6.45) is 0.555. The number of phenolic OH excluding ortho intramolecular Hbond substituents is 1. The molecule has 76 valence electrons. The van der Waals surface area contributed by atoms with Crippen LogP contribution in [0.3, 0.4) is 0 Å². The second-order valence-electron chi connectivity index (χ2n) is 2.84. The Morgan fingerprint density at radius 1 is 1.50 bits per heavy atom. The van der Waals surface area contributed by atoms with Crippen LogP contribution in [0, 0.1) is 0 Å². The van der Waals surface area contributed by atoms with E-state index in [9.17, 15) is 9.90 Å². The number of hydrogen-bond donors (Lipinski definition) is 2. The molecule has 0 bridgehead atoms. The van der Waals surface area contributed by atoms with Crippen molar-refractivity contribution in [2.24, 2.45) is 0 Å². The predicted octanol–water partition coefficient (Wildman–Crippen LogP) is 1.66. The van der Waals surface area contributed by atoms with E-state index in [4.69, 9.17) is 9.84 Å². The number of rotatable bonds is 3. The number of aromatic hydroxyl groups is 1. The first-order valence-electron chi connectivity index (χ1n) is 4.23. The van der Waals surface area contributed by atoms with Crippen molar-refractivity contribution in [2.75, 3.05) is 7.11 Å². The minimum atomic E-state index is -1.01. The molecule has 14 heavy (non-hydrogen) atoms. The van der Waals surface area contributed by atoms with Crippen LogP contribution in [0.15, 0.2) is 12.1 Å². The minimum absolute atomic E-state index is 0.0330. The van der Waals surface area contributed by atoms with Gasteiger partial charge in [-0.3, -0.25) is 0 Å². The monoisotopic (exact) mass is 196 g/mol. The van der Waals surface area contributed by atoms with E-state index >= 15 is 0 Å². The molecule has 0 radical (unpaired) electrons. The average molecular weight is 196 g/mol. The predicted molar refractivity (Wildman–Crippen MR) is 51.0 cm³/mol. The summed E-state index contributed by atoms with van der Waals surface area (Å²) in [4.78, 5) is 10.8. The molecule has 0 atom stereocenters. The highest BCUT2D eigenvalue weighted by Gasteiger charge is 2.13. The normalized spacial score (nSPS) is 9.86. The van der Waals surface area contributed by atoms with E-state index in [-0.39, 0.29) is 17.1 Å². The highest BCUT2D eigenvalue weighted by molar-refractivity contribution is 5.90. The summed E-state index contributed by atoms with van der Waals surface area (Å²) in [5, 5.41) is 18.3. The molecule has 1 aromatic rings. The maximum absolute atomic E-state index is 10.8. The molecular weight excluding hydrogens is 184 g/mol. The molecule has 0 spiro atoms. The van der Waals surface area contributed by atoms with E-state index in [1.165, 1.54) is 19.2 Å². The SMILES string of the molecule is CCc1cc(O)c(OC)cc1C(=O)O. The Balaban J connectivity index is 3.32. The van der Waals surface area contributed by atoms with Crippen LogP contribution in [0.2, 0.25) is 0 Å². The van der Waals surface area contributed by atoms with E-state index in [0.29, 0.717) is 12.0 Å². The number of ether oxygens (including phenoxy) is 1. The third-order valence-electron chi connectivity index (χ3n) is 2.02. The van der Waals surface area contributed by atoms with Gasteiger partial charge in [0.1, 0.15) is 0 Å². The van der Waals surface area contributed by atoms with Gasteiger partial charge >= 0.3 is 5.97 Å². The van der Waals surface area contributed by atoms with Gasteiger partial charge in [-0.1, -0.05) is 6.92 Å². The van der Waals surface area contributed by atoms with Gasteiger partial charge in [0, 0.05) is 0 Å². The fraction of sp³-hybridized carbons (Fsp3) is 0.300. The van der Waals surface area contributed by atoms with Crippen LogP contribution in [0.25, 0.3) is 0 Å². The number of phenols is 1. The first kappa shape index (κ1) is 10.4. The topological polar surface area (TPSA) is 66.8 Å². The summed E-state index contributed by atoms with van der Waals surface area (Å²) < 4.78 is 4.82. The Hall–Kier alpha value is -1.71. The minimum Gasteiger partial charge on any atom is -0.504 e. The lowest BCUT2D eigenvalue weighted by Crippen LogP contribution is -2.02. The quantitative estimate of drug-likeness (QED) is 0.771. The Labute approximate surface area is 81.8 Å². The van der Waals surface area contributed by atoms with Crippen molar-refractivity contribution in [1.82, 2.24) is 0 Å². The van der Waals surface area contributed by atoms with Crippen LogP contribution in [-0.2, 0) is 6.42 Å². The Bertz CT molecular complexity index is 357. The maximum atomic E-state index is 10.8. The zero-order valence-electron chi connectivity index (χ0n) is 8.07. The number of aromatic carboxylic acids is 1. The average Bonchev–Trinajstić information content (AvgIpc) is 2.16. The van der Waals surface area contributed by atoms with Crippen molar-refractivity contribution in [2.45, 2.75) is 13.3 Å². The van der Waals surface area contributed by atoms with Crippen molar-refractivity contribution in [3.05, 3.63) is 23.3 Å². The van der Waals surface area contributed by atoms with Gasteiger partial charge in [0.25, 0.3) is 0 Å². The van der Waals surface area contributed by atoms with Gasteiger partial charge in [-0.2, -0.15) is 0 Å². The van der Waals surface area contributed by atoms with Gasteiger partial charge in [-0.25, -0.2) is 4.79 Å². The van der Waals surface area contributed by atoms with Gasteiger partial charge in [0.15, 0.2) is 11.5 Å². The fourth-order valence-corrected chi connectivity index (χ4v) is 1.27. The summed E-state index contributed by atoms with van der Waals surface area (Å²) in [6.45, 7) is 1.83. The summed E-state index contributed by atoms with van der Waals surface area (Å²) in [7, 11) is 1.38. The lowest BCUT2D eigenvalue weighted by Gasteiger charge is -2.08. The number of carboxylic acids is 1. The third kappa shape index (κ3) is 1.79. The highest BCUT2D eigenvalue weighted by atomic mass is 16.5. The van der Waals surface area contributed by atoms with Crippen LogP contribution < -0.4 is 4.74 Å². The van der Waals surface area contributed by atoms with Crippen LogP contribution in [-0.4, -0.2) is 23.3 Å². The summed E-state index contributed by atoms with van der Waals surface area (Å²) >= 11 is 0. The fourth-order valence-electron chi connectivity index (χ4n) is 1.27. The number of benzene rings is 1. The maximum Gasteiger partial charge on any atom is 0.336 e. The molecule has 0 aliphatic heterocycles. The number of carbonyl (C=O) groups is 1. The lowest BCUT2D eigenvalue weighted by molar-refractivity contribution is 0.0695. The summed E-state index contributed by atoms with van der Waals surface area (Å²) in [6, 6.07) is 2.75. The van der Waals surface area contributed by atoms with Gasteiger partial charge in [-0.15, -0.1) is 0 Å². The number of carboxylic acid groups (broad SMARTS) is 1. The Morgan fingerprint density at radius 2 is 2.14 bits per heavy atom. The molecule has 0 aliphatic rings. The van der Waals surface area contributed by atoms with Crippen LogP contribution >= 0.6 is 0 Å². The van der Waals surface area contributed by atoms with Crippen LogP contribution in [0.1, 0.15) is 22.8 Å². The molecule has 1 aromatic carbocycles. The molecule has 2 N–H and O–H groups in total. The van der Waals surface area contributed by atoms with Gasteiger partial charge in [0.05, 0.1) is 12.7 Å². The van der Waals surface area contributed by atoms with Crippen molar-refractivity contribution >= 4 is 5.97 Å². The van der Waals surface area contributed by atoms with E-state index in [2.05, 4.69) is 0 Å². The second-order valence-corrected chi connectivity index (χ2v) is 2.84. The lowest BCUT2D eigenvalue weighted by atomic mass is 10.0. The molecule has 0 amide bonds. The molecule has 0 aliphatic carbocycles. The van der Waals surface area contributed by atoms with Gasteiger partial charge in [0.2, 0.25) is 0 Å². The largest absolute Gasteiger partial charge is 0.504 e. The van der Waals surface area contributed by atoms with Crippen molar-refractivity contribution < 1.29 is 19.7 Å². The molecule has 0 saturated heterocycles. The van der Waals surface area contributed by atoms with Gasteiger partial charge in [-0.05, 0) is 24.1 Å². The molecular formula is C10H12O4. The van der Waals surface area contributed by atoms with E-state index < -0.39 is 5.97 Å². The van der Waals surface area contributed by atoms with Crippen molar-refractivity contribution in [1.29, 1.82) is 0 Å². The van der Waals surface area contributed by atoms with E-state index in [1.807, 2.05) is 6.92 Å². The zero-order chi connectivity index (χ0) is 10.7. The molecule has 0 saturated carbocycles. The molecule has 0 heterocycles. The second kappa shape index (κ2) is 4.00. The first-order chi connectivity index (χ1) is 6.60. The van der Waals surface area contributed by atoms with Crippen molar-refractivity contribution in [3.63, 3.8) is 0 Å². The molecule has 4 heteroatoms. The van der Waals surface area contributed by atoms with Crippen LogP contribution in [0.5, 0.6) is 11.5 Å². The Kier molecular flexibility index (Phi) is 2.96. The highest BCUT2D eigenvalue weighted by Crippen LogP contribution is 2.29. The Morgan fingerprint density at radius 3 is 2.57 bits per heavy atom. The molecule has 1 rings (SSSR count). The zero-order valence-corrected chi connectivity index (χ0v) is 8.07. The summed E-state index contributed by atoms with van der Waals surface area (Å²) in [5.74, 6) is -0.867. The number of methoxy groups -OCH3 is 1. The van der Waals surface area contributed by atoms with Crippen molar-refractivity contribution in [3.8, 4) is 11.5 Å². The standard InChI is InChI=1S/C10H12O4/c1-3-6-4-8(11)9(14-2)5-7(6)10(12)13/h4-5,11H,3H2,1-2H3,(H,12,13). The smallest absolute Gasteiger partial charge is 0.336 e. The first-order valence-corrected chi connectivity index (χ1v) is 4.23. The van der Waals surface area contributed by atoms with Crippen LogP contribution in [0.4, 0.5) is 0 Å². The number of hydrogen-bond acceptors (Lipinski definition) is 3. The number of aryl methyl sites for hydroxylation is 1. The molecule has 4 nitrogen and oxygen atoms in total. The third-order valence-corrected chi connectivity index (χ3v) is 2.02. The van der Waals surface area contributed by atoms with E-state index in [0.717, 1.165) is 0 Å². The molecule has 0 fully saturated rings.